The van der Waals surface area contributed by atoms with Crippen LogP contribution in [-0.2, 0) is 24.2 Å². The smallest absolute Gasteiger partial charge is 0.337 e. The van der Waals surface area contributed by atoms with Crippen molar-refractivity contribution in [2.75, 3.05) is 39.2 Å². The lowest BCUT2D eigenvalue weighted by atomic mass is 10.1. The van der Waals surface area contributed by atoms with Gasteiger partial charge in [-0.25, -0.2) is 18.0 Å². The summed E-state index contributed by atoms with van der Waals surface area (Å²) in [7, 11) is -0.361. The van der Waals surface area contributed by atoms with Crippen LogP contribution in [0, 0.1) is 6.92 Å². The summed E-state index contributed by atoms with van der Waals surface area (Å²) in [5, 5.41) is 2.64. The minimum Gasteiger partial charge on any atom is -0.465 e. The molecule has 0 aliphatic carbocycles. The van der Waals surface area contributed by atoms with Gasteiger partial charge in [0, 0.05) is 19.2 Å². The molecule has 2 aromatic carbocycles. The number of esters is 2. The van der Waals surface area contributed by atoms with E-state index in [0.29, 0.717) is 12.2 Å². The number of carbonyl (C=O) groups excluding carboxylic acids is 3. The number of carbonyl (C=O) groups is 3. The fourth-order valence-electron chi connectivity index (χ4n) is 2.75. The molecule has 0 saturated carbocycles. The number of hydrogen-bond donors (Lipinski definition) is 2. The van der Waals surface area contributed by atoms with Crippen molar-refractivity contribution in [3.63, 3.8) is 0 Å². The molecule has 11 heteroatoms. The molecule has 0 saturated heterocycles. The van der Waals surface area contributed by atoms with E-state index in [1.165, 1.54) is 43.5 Å². The Kier molecular flexibility index (Phi) is 8.33. The van der Waals surface area contributed by atoms with E-state index in [1.807, 2.05) is 0 Å². The normalized spacial score (nSPS) is 10.9. The van der Waals surface area contributed by atoms with Crippen LogP contribution in [0.1, 0.15) is 36.6 Å². The lowest BCUT2D eigenvalue weighted by molar-refractivity contribution is 0.0599. The van der Waals surface area contributed by atoms with Gasteiger partial charge in [-0.05, 0) is 42.8 Å². The maximum Gasteiger partial charge on any atom is 0.337 e. The molecule has 0 aliphatic rings. The zero-order valence-corrected chi connectivity index (χ0v) is 18.9. The van der Waals surface area contributed by atoms with Gasteiger partial charge < -0.3 is 19.5 Å². The monoisotopic (exact) mass is 464 g/mol. The molecule has 2 aromatic rings. The van der Waals surface area contributed by atoms with Crippen molar-refractivity contribution in [3.8, 4) is 0 Å². The number of sulfonamides is 1. The third kappa shape index (κ3) is 6.05. The first kappa shape index (κ1) is 24.8. The molecule has 2 N–H and O–H groups in total. The summed E-state index contributed by atoms with van der Waals surface area (Å²) in [6.07, 6.45) is 0. The van der Waals surface area contributed by atoms with Crippen LogP contribution in [0.3, 0.4) is 0 Å². The van der Waals surface area contributed by atoms with Crippen LogP contribution in [0.15, 0.2) is 41.3 Å². The topological polar surface area (TPSA) is 137 Å². The lowest BCUT2D eigenvalue weighted by Gasteiger charge is -2.13. The molecular formula is C21H24N2O8S. The van der Waals surface area contributed by atoms with Gasteiger partial charge in [0.1, 0.15) is 0 Å². The van der Waals surface area contributed by atoms with Crippen LogP contribution < -0.4 is 10.0 Å². The molecule has 0 aliphatic heterocycles. The minimum atomic E-state index is -4.17. The maximum absolute atomic E-state index is 13.0. The second kappa shape index (κ2) is 10.7. The van der Waals surface area contributed by atoms with E-state index in [4.69, 9.17) is 4.74 Å². The molecule has 0 aromatic heterocycles. The summed E-state index contributed by atoms with van der Waals surface area (Å²) < 4.78 is 42.4. The number of nitrogens with one attached hydrogen (secondary N) is 2. The van der Waals surface area contributed by atoms with Crippen LogP contribution in [0.4, 0.5) is 5.69 Å². The average Bonchev–Trinajstić information content (AvgIpc) is 2.77. The fraction of sp³-hybridized carbons (Fsp3) is 0.286. The van der Waals surface area contributed by atoms with Crippen molar-refractivity contribution in [1.29, 1.82) is 0 Å². The van der Waals surface area contributed by atoms with Gasteiger partial charge in [-0.1, -0.05) is 6.07 Å². The van der Waals surface area contributed by atoms with Gasteiger partial charge in [-0.3, -0.25) is 9.52 Å². The summed E-state index contributed by atoms with van der Waals surface area (Å²) in [6.45, 7) is 2.25. The third-order valence-electron chi connectivity index (χ3n) is 4.38. The van der Waals surface area contributed by atoms with Crippen LogP contribution in [-0.4, -0.2) is 60.7 Å². The van der Waals surface area contributed by atoms with E-state index in [2.05, 4.69) is 19.5 Å². The predicted octanol–water partition coefficient (Wildman–Crippen LogP) is 1.75. The summed E-state index contributed by atoms with van der Waals surface area (Å²) in [5.41, 5.74) is 0.618. The van der Waals surface area contributed by atoms with Gasteiger partial charge in [0.25, 0.3) is 15.9 Å². The van der Waals surface area contributed by atoms with E-state index in [1.54, 1.807) is 6.92 Å². The second-order valence-corrected chi connectivity index (χ2v) is 8.30. The third-order valence-corrected chi connectivity index (χ3v) is 5.76. The van der Waals surface area contributed by atoms with Crippen LogP contribution in [0.2, 0.25) is 0 Å². The Morgan fingerprint density at radius 2 is 1.50 bits per heavy atom. The SMILES string of the molecule is COCCNC(=O)c1cc(S(=O)(=O)Nc2cc(C(=O)OC)cc(C(=O)OC)c2)ccc1C. The Bertz CT molecular complexity index is 1090. The number of anilines is 1. The fourth-order valence-corrected chi connectivity index (χ4v) is 3.81. The number of rotatable bonds is 9. The molecule has 1 amide bonds. The lowest BCUT2D eigenvalue weighted by Crippen LogP contribution is -2.28. The molecule has 0 spiro atoms. The van der Waals surface area contributed by atoms with E-state index < -0.39 is 27.9 Å². The number of ether oxygens (including phenoxy) is 3. The summed E-state index contributed by atoms with van der Waals surface area (Å²) in [4.78, 5) is 36.1. The highest BCUT2D eigenvalue weighted by Gasteiger charge is 2.21. The van der Waals surface area contributed by atoms with Gasteiger partial charge in [0.05, 0.1) is 42.5 Å². The van der Waals surface area contributed by atoms with Crippen molar-refractivity contribution in [3.05, 3.63) is 58.7 Å². The second-order valence-electron chi connectivity index (χ2n) is 6.61. The Morgan fingerprint density at radius 1 is 0.906 bits per heavy atom. The molecule has 0 radical (unpaired) electrons. The van der Waals surface area contributed by atoms with Gasteiger partial charge in [-0.2, -0.15) is 0 Å². The molecule has 0 fully saturated rings. The highest BCUT2D eigenvalue weighted by atomic mass is 32.2. The van der Waals surface area contributed by atoms with Gasteiger partial charge in [0.15, 0.2) is 0 Å². The van der Waals surface area contributed by atoms with Crippen molar-refractivity contribution in [2.45, 2.75) is 11.8 Å². The number of methoxy groups -OCH3 is 3. The van der Waals surface area contributed by atoms with Gasteiger partial charge >= 0.3 is 11.9 Å². The zero-order chi connectivity index (χ0) is 23.9. The Morgan fingerprint density at radius 3 is 2.03 bits per heavy atom. The van der Waals surface area contributed by atoms with Crippen LogP contribution in [0.5, 0.6) is 0 Å². The first-order valence-corrected chi connectivity index (χ1v) is 10.8. The first-order chi connectivity index (χ1) is 15.1. The molecule has 172 valence electrons. The number of aryl methyl sites for hydroxylation is 1. The Balaban J connectivity index is 2.41. The van der Waals surface area contributed by atoms with E-state index >= 15 is 0 Å². The summed E-state index contributed by atoms with van der Waals surface area (Å²) >= 11 is 0. The Hall–Kier alpha value is -3.44. The average molecular weight is 464 g/mol. The maximum atomic E-state index is 13.0. The minimum absolute atomic E-state index is 0.0461. The largest absolute Gasteiger partial charge is 0.465 e. The van der Waals surface area contributed by atoms with E-state index in [9.17, 15) is 22.8 Å². The van der Waals surface area contributed by atoms with Crippen LogP contribution in [0.25, 0.3) is 0 Å². The van der Waals surface area contributed by atoms with Crippen molar-refractivity contribution < 1.29 is 37.0 Å². The standard InChI is InChI=1S/C21H24N2O8S/c1-13-5-6-17(12-18(13)19(24)22-7-8-29-2)32(27,28)23-16-10-14(20(25)30-3)9-15(11-16)21(26)31-4/h5-6,9-12,23H,7-8H2,1-4H3,(H,22,24). The molecule has 10 nitrogen and oxygen atoms in total. The molecule has 2 rings (SSSR count). The first-order valence-electron chi connectivity index (χ1n) is 9.35. The quantitative estimate of drug-likeness (QED) is 0.423. The van der Waals surface area contributed by atoms with E-state index in [-0.39, 0.29) is 33.8 Å². The van der Waals surface area contributed by atoms with Crippen molar-refractivity contribution in [1.82, 2.24) is 5.32 Å². The number of hydrogen-bond acceptors (Lipinski definition) is 8. The zero-order valence-electron chi connectivity index (χ0n) is 18.1. The molecule has 0 bridgehead atoms. The molecule has 32 heavy (non-hydrogen) atoms. The summed E-state index contributed by atoms with van der Waals surface area (Å²) in [5.74, 6) is -1.97. The molecule has 0 heterocycles. The van der Waals surface area contributed by atoms with Crippen molar-refractivity contribution >= 4 is 33.6 Å². The highest BCUT2D eigenvalue weighted by molar-refractivity contribution is 7.92. The highest BCUT2D eigenvalue weighted by Crippen LogP contribution is 2.22. The van der Waals surface area contributed by atoms with Gasteiger partial charge in [0.2, 0.25) is 0 Å². The number of benzene rings is 2. The van der Waals surface area contributed by atoms with Gasteiger partial charge in [-0.15, -0.1) is 0 Å². The molecule has 0 unspecified atom stereocenters. The molecular weight excluding hydrogens is 440 g/mol. The van der Waals surface area contributed by atoms with Crippen LogP contribution >= 0.6 is 0 Å². The van der Waals surface area contributed by atoms with E-state index in [0.717, 1.165) is 14.2 Å². The summed E-state index contributed by atoms with van der Waals surface area (Å²) in [6, 6.07) is 7.76. The molecule has 0 atom stereocenters. The predicted molar refractivity (Wildman–Crippen MR) is 115 cm³/mol. The Labute approximate surface area is 185 Å². The van der Waals surface area contributed by atoms with Crippen molar-refractivity contribution in [2.24, 2.45) is 0 Å². The number of amides is 1.